The molecule has 1 atom stereocenters. The maximum atomic E-state index is 12.4. The predicted molar refractivity (Wildman–Crippen MR) is 58.4 cm³/mol. The van der Waals surface area contributed by atoms with Crippen molar-refractivity contribution < 1.29 is 13.6 Å². The molecule has 15 heavy (non-hydrogen) atoms. The normalized spacial score (nSPS) is 12.9. The van der Waals surface area contributed by atoms with Crippen molar-refractivity contribution in [3.63, 3.8) is 0 Å². The zero-order valence-corrected chi connectivity index (χ0v) is 10.1. The minimum Gasteiger partial charge on any atom is -0.298 e. The quantitative estimate of drug-likeness (QED) is 0.762. The smallest absolute Gasteiger partial charge is 0.264 e. The Morgan fingerprint density at radius 1 is 1.47 bits per heavy atom. The third kappa shape index (κ3) is 2.98. The number of ketones is 1. The summed E-state index contributed by atoms with van der Waals surface area (Å²) in [5, 5.41) is -0.784. The summed E-state index contributed by atoms with van der Waals surface area (Å²) in [6, 6.07) is 4.15. The Morgan fingerprint density at radius 2 is 2.07 bits per heavy atom. The van der Waals surface area contributed by atoms with Crippen LogP contribution in [0.2, 0.25) is 0 Å². The van der Waals surface area contributed by atoms with Crippen LogP contribution in [0.1, 0.15) is 29.9 Å². The monoisotopic (exact) mass is 296 g/mol. The van der Waals surface area contributed by atoms with Crippen molar-refractivity contribution in [1.82, 2.24) is 0 Å². The number of alkyl halides is 3. The van der Waals surface area contributed by atoms with Gasteiger partial charge >= 0.3 is 0 Å². The highest BCUT2D eigenvalue weighted by Crippen LogP contribution is 2.31. The molecular weight excluding hydrogens is 289 g/mol. The Bertz CT molecular complexity index is 382. The first kappa shape index (κ1) is 12.6. The first-order valence-electron chi connectivity index (χ1n) is 4.15. The first-order chi connectivity index (χ1) is 6.93. The summed E-state index contributed by atoms with van der Waals surface area (Å²) >= 11 is 8.80. The van der Waals surface area contributed by atoms with E-state index in [1.807, 2.05) is 0 Å². The zero-order chi connectivity index (χ0) is 11.6. The molecule has 0 saturated heterocycles. The highest BCUT2D eigenvalue weighted by Gasteiger charge is 2.17. The third-order valence-electron chi connectivity index (χ3n) is 1.91. The molecule has 0 radical (unpaired) electrons. The van der Waals surface area contributed by atoms with Crippen molar-refractivity contribution in [3.05, 3.63) is 33.8 Å². The lowest BCUT2D eigenvalue weighted by Gasteiger charge is -2.09. The van der Waals surface area contributed by atoms with E-state index in [2.05, 4.69) is 15.9 Å². The molecule has 0 aromatic heterocycles. The van der Waals surface area contributed by atoms with Crippen LogP contribution in [0.3, 0.4) is 0 Å². The lowest BCUT2D eigenvalue weighted by molar-refractivity contribution is -0.116. The summed E-state index contributed by atoms with van der Waals surface area (Å²) < 4.78 is 25.0. The molecule has 1 aromatic carbocycles. The number of benzene rings is 1. The van der Waals surface area contributed by atoms with Gasteiger partial charge in [0.2, 0.25) is 0 Å². The molecular formula is C10H8BrClF2O. The average Bonchev–Trinajstić information content (AvgIpc) is 2.15. The lowest BCUT2D eigenvalue weighted by atomic mass is 10.1. The van der Waals surface area contributed by atoms with Gasteiger partial charge in [-0.05, 0) is 18.6 Å². The van der Waals surface area contributed by atoms with E-state index in [1.54, 1.807) is 0 Å². The Kier molecular flexibility index (Phi) is 4.22. The minimum atomic E-state index is -2.54. The van der Waals surface area contributed by atoms with Gasteiger partial charge < -0.3 is 0 Å². The van der Waals surface area contributed by atoms with E-state index in [-0.39, 0.29) is 15.8 Å². The Hall–Kier alpha value is -0.480. The van der Waals surface area contributed by atoms with Gasteiger partial charge in [-0.3, -0.25) is 4.79 Å². The summed E-state index contributed by atoms with van der Waals surface area (Å²) in [4.78, 5) is 11.0. The molecule has 0 aliphatic rings. The second-order valence-corrected chi connectivity index (χ2v) is 4.35. The van der Waals surface area contributed by atoms with Gasteiger partial charge in [0.05, 0.1) is 0 Å². The summed E-state index contributed by atoms with van der Waals surface area (Å²) in [5.74, 6) is -0.214. The number of hydrogen-bond donors (Lipinski definition) is 0. The van der Waals surface area contributed by atoms with E-state index in [9.17, 15) is 13.6 Å². The van der Waals surface area contributed by atoms with Crippen LogP contribution in [0.25, 0.3) is 0 Å². The number of hydrogen-bond acceptors (Lipinski definition) is 1. The second-order valence-electron chi connectivity index (χ2n) is 3.05. The Balaban J connectivity index is 3.06. The number of rotatable bonds is 3. The topological polar surface area (TPSA) is 17.1 Å². The van der Waals surface area contributed by atoms with Crippen LogP contribution in [-0.4, -0.2) is 5.78 Å². The SMILES string of the molecule is CC(=O)C(Cl)c1ccc(C(F)F)c(Br)c1. The molecule has 0 spiro atoms. The van der Waals surface area contributed by atoms with Crippen LogP contribution in [0, 0.1) is 0 Å². The second kappa shape index (κ2) is 5.03. The van der Waals surface area contributed by atoms with Crippen LogP contribution < -0.4 is 0 Å². The van der Waals surface area contributed by atoms with Gasteiger partial charge in [0.25, 0.3) is 6.43 Å². The predicted octanol–water partition coefficient (Wildman–Crippen LogP) is 4.26. The molecule has 0 amide bonds. The van der Waals surface area contributed by atoms with Gasteiger partial charge in [-0.15, -0.1) is 11.6 Å². The van der Waals surface area contributed by atoms with Crippen molar-refractivity contribution in [3.8, 4) is 0 Å². The van der Waals surface area contributed by atoms with Crippen molar-refractivity contribution >= 4 is 33.3 Å². The van der Waals surface area contributed by atoms with Crippen molar-refractivity contribution in [2.24, 2.45) is 0 Å². The summed E-state index contributed by atoms with van der Waals surface area (Å²) in [6.45, 7) is 1.35. The summed E-state index contributed by atoms with van der Waals surface area (Å²) in [5.41, 5.74) is 0.409. The van der Waals surface area contributed by atoms with Crippen LogP contribution in [0.5, 0.6) is 0 Å². The molecule has 0 heterocycles. The fraction of sp³-hybridized carbons (Fsp3) is 0.300. The van der Waals surface area contributed by atoms with Crippen LogP contribution >= 0.6 is 27.5 Å². The molecule has 5 heteroatoms. The van der Waals surface area contributed by atoms with E-state index >= 15 is 0 Å². The lowest BCUT2D eigenvalue weighted by Crippen LogP contribution is -2.02. The molecule has 0 fully saturated rings. The van der Waals surface area contributed by atoms with Crippen LogP contribution in [-0.2, 0) is 4.79 Å². The Labute approximate surface area is 99.6 Å². The van der Waals surface area contributed by atoms with Crippen molar-refractivity contribution in [2.75, 3.05) is 0 Å². The summed E-state index contributed by atoms with van der Waals surface area (Å²) in [6.07, 6.45) is -2.54. The maximum Gasteiger partial charge on any atom is 0.264 e. The Morgan fingerprint density at radius 3 is 2.47 bits per heavy atom. The molecule has 82 valence electrons. The maximum absolute atomic E-state index is 12.4. The third-order valence-corrected chi connectivity index (χ3v) is 3.16. The van der Waals surface area contributed by atoms with Gasteiger partial charge in [-0.1, -0.05) is 28.1 Å². The van der Waals surface area contributed by atoms with Crippen molar-refractivity contribution in [1.29, 1.82) is 0 Å². The van der Waals surface area contributed by atoms with Gasteiger partial charge in [0.1, 0.15) is 5.38 Å². The average molecular weight is 298 g/mol. The van der Waals surface area contributed by atoms with E-state index < -0.39 is 11.8 Å². The molecule has 0 aliphatic heterocycles. The molecule has 0 N–H and O–H groups in total. The van der Waals surface area contributed by atoms with E-state index in [0.717, 1.165) is 0 Å². The molecule has 0 bridgehead atoms. The molecule has 1 aromatic rings. The van der Waals surface area contributed by atoms with Gasteiger partial charge in [0, 0.05) is 10.0 Å². The standard InChI is InChI=1S/C10H8BrClF2O/c1-5(15)9(12)6-2-3-7(10(13)14)8(11)4-6/h2-4,9-10H,1H3. The zero-order valence-electron chi connectivity index (χ0n) is 7.81. The molecule has 1 rings (SSSR count). The van der Waals surface area contributed by atoms with E-state index in [0.29, 0.717) is 5.56 Å². The molecule has 0 aliphatic carbocycles. The summed E-state index contributed by atoms with van der Waals surface area (Å²) in [7, 11) is 0. The number of halogens is 4. The highest BCUT2D eigenvalue weighted by atomic mass is 79.9. The number of carbonyl (C=O) groups excluding carboxylic acids is 1. The van der Waals surface area contributed by atoms with E-state index in [1.165, 1.54) is 25.1 Å². The van der Waals surface area contributed by atoms with E-state index in [4.69, 9.17) is 11.6 Å². The fourth-order valence-corrected chi connectivity index (χ4v) is 1.82. The number of Topliss-reactive ketones (excluding diaryl/α,β-unsaturated/α-hetero) is 1. The van der Waals surface area contributed by atoms with Crippen LogP contribution in [0.15, 0.2) is 22.7 Å². The van der Waals surface area contributed by atoms with Gasteiger partial charge in [-0.2, -0.15) is 0 Å². The molecule has 1 unspecified atom stereocenters. The van der Waals surface area contributed by atoms with Crippen LogP contribution in [0.4, 0.5) is 8.78 Å². The largest absolute Gasteiger partial charge is 0.298 e. The molecule has 0 saturated carbocycles. The van der Waals surface area contributed by atoms with Gasteiger partial charge in [0.15, 0.2) is 5.78 Å². The molecule has 1 nitrogen and oxygen atoms in total. The highest BCUT2D eigenvalue weighted by molar-refractivity contribution is 9.10. The van der Waals surface area contributed by atoms with Gasteiger partial charge in [-0.25, -0.2) is 8.78 Å². The first-order valence-corrected chi connectivity index (χ1v) is 5.38. The minimum absolute atomic E-state index is 0.105. The van der Waals surface area contributed by atoms with Crippen molar-refractivity contribution in [2.45, 2.75) is 18.7 Å². The number of carbonyl (C=O) groups is 1. The fourth-order valence-electron chi connectivity index (χ4n) is 1.11.